The summed E-state index contributed by atoms with van der Waals surface area (Å²) in [7, 11) is 0. The monoisotopic (exact) mass is 381 g/mol. The van der Waals surface area contributed by atoms with Crippen molar-refractivity contribution in [1.29, 1.82) is 0 Å². The molecule has 3 rings (SSSR count). The van der Waals surface area contributed by atoms with Crippen LogP contribution in [0.2, 0.25) is 0 Å². The van der Waals surface area contributed by atoms with Gasteiger partial charge in [-0.05, 0) is 42.8 Å². The first-order valence-corrected chi connectivity index (χ1v) is 9.70. The number of anilines is 2. The van der Waals surface area contributed by atoms with E-state index < -0.39 is 0 Å². The lowest BCUT2D eigenvalue weighted by Gasteiger charge is -2.35. The van der Waals surface area contributed by atoms with E-state index in [2.05, 4.69) is 10.2 Å². The maximum absolute atomic E-state index is 12.1. The Bertz CT molecular complexity index is 769. The van der Waals surface area contributed by atoms with Gasteiger partial charge in [-0.15, -0.1) is 0 Å². The minimum Gasteiger partial charge on any atom is -0.494 e. The standard InChI is InChI=1S/C22H27N3O3/c1-18(26)24-13-15-25(16-14-24)20-11-9-19(10-12-20)23-22(27)8-5-17-28-21-6-3-2-4-7-21/h2-4,6-7,9-12H,5,8,13-17H2,1H3,(H,23,27). The average Bonchev–Trinajstić information content (AvgIpc) is 2.73. The summed E-state index contributed by atoms with van der Waals surface area (Å²) in [6.45, 7) is 5.28. The Morgan fingerprint density at radius 3 is 2.29 bits per heavy atom. The van der Waals surface area contributed by atoms with Gasteiger partial charge in [-0.25, -0.2) is 0 Å². The first kappa shape index (κ1) is 19.7. The molecule has 2 aromatic carbocycles. The lowest BCUT2D eigenvalue weighted by atomic mass is 10.2. The van der Waals surface area contributed by atoms with Crippen LogP contribution in [0.4, 0.5) is 11.4 Å². The normalized spacial score (nSPS) is 13.9. The van der Waals surface area contributed by atoms with Crippen molar-refractivity contribution in [3.8, 4) is 5.75 Å². The van der Waals surface area contributed by atoms with Crippen LogP contribution >= 0.6 is 0 Å². The predicted molar refractivity (Wildman–Crippen MR) is 111 cm³/mol. The number of para-hydroxylation sites is 1. The Labute approximate surface area is 166 Å². The lowest BCUT2D eigenvalue weighted by molar-refractivity contribution is -0.129. The molecule has 0 unspecified atom stereocenters. The maximum Gasteiger partial charge on any atom is 0.224 e. The van der Waals surface area contributed by atoms with E-state index in [0.29, 0.717) is 19.4 Å². The van der Waals surface area contributed by atoms with Crippen molar-refractivity contribution in [3.63, 3.8) is 0 Å². The molecule has 0 bridgehead atoms. The van der Waals surface area contributed by atoms with E-state index in [0.717, 1.165) is 43.3 Å². The van der Waals surface area contributed by atoms with E-state index in [1.54, 1.807) is 6.92 Å². The van der Waals surface area contributed by atoms with Gasteiger partial charge in [0.15, 0.2) is 0 Å². The van der Waals surface area contributed by atoms with E-state index in [9.17, 15) is 9.59 Å². The van der Waals surface area contributed by atoms with Crippen LogP contribution in [0.5, 0.6) is 5.75 Å². The van der Waals surface area contributed by atoms with Crippen LogP contribution in [0.15, 0.2) is 54.6 Å². The molecule has 1 N–H and O–H groups in total. The van der Waals surface area contributed by atoms with Gasteiger partial charge in [0.05, 0.1) is 6.61 Å². The zero-order valence-corrected chi connectivity index (χ0v) is 16.3. The third-order valence-electron chi connectivity index (χ3n) is 4.80. The average molecular weight is 381 g/mol. The van der Waals surface area contributed by atoms with E-state index in [1.165, 1.54) is 0 Å². The van der Waals surface area contributed by atoms with Crippen molar-refractivity contribution < 1.29 is 14.3 Å². The molecule has 1 heterocycles. The van der Waals surface area contributed by atoms with Gasteiger partial charge in [0.25, 0.3) is 0 Å². The number of carbonyl (C=O) groups excluding carboxylic acids is 2. The van der Waals surface area contributed by atoms with Crippen molar-refractivity contribution in [2.45, 2.75) is 19.8 Å². The zero-order valence-electron chi connectivity index (χ0n) is 16.3. The largest absolute Gasteiger partial charge is 0.494 e. The topological polar surface area (TPSA) is 61.9 Å². The van der Waals surface area contributed by atoms with Gasteiger partial charge in [0.2, 0.25) is 11.8 Å². The molecule has 0 aliphatic carbocycles. The highest BCUT2D eigenvalue weighted by molar-refractivity contribution is 5.90. The van der Waals surface area contributed by atoms with E-state index in [1.807, 2.05) is 59.5 Å². The third-order valence-corrected chi connectivity index (χ3v) is 4.80. The van der Waals surface area contributed by atoms with Crippen molar-refractivity contribution in [1.82, 2.24) is 4.90 Å². The number of hydrogen-bond acceptors (Lipinski definition) is 4. The Morgan fingerprint density at radius 1 is 0.964 bits per heavy atom. The zero-order chi connectivity index (χ0) is 19.8. The molecule has 0 saturated carbocycles. The smallest absolute Gasteiger partial charge is 0.224 e. The second kappa shape index (κ2) is 9.78. The summed E-state index contributed by atoms with van der Waals surface area (Å²) in [6.07, 6.45) is 1.08. The molecule has 2 amide bonds. The molecule has 1 aliphatic rings. The number of carbonyl (C=O) groups is 2. The van der Waals surface area contributed by atoms with Crippen molar-refractivity contribution in [3.05, 3.63) is 54.6 Å². The van der Waals surface area contributed by atoms with Crippen LogP contribution in [-0.4, -0.2) is 49.5 Å². The minimum absolute atomic E-state index is 0.0144. The molecular formula is C22H27N3O3. The molecule has 2 aromatic rings. The summed E-state index contributed by atoms with van der Waals surface area (Å²) in [4.78, 5) is 27.6. The van der Waals surface area contributed by atoms with Gasteiger partial charge >= 0.3 is 0 Å². The summed E-state index contributed by atoms with van der Waals surface area (Å²) < 4.78 is 5.60. The Morgan fingerprint density at radius 2 is 1.64 bits per heavy atom. The number of amides is 2. The van der Waals surface area contributed by atoms with Crippen LogP contribution in [0.3, 0.4) is 0 Å². The highest BCUT2D eigenvalue weighted by atomic mass is 16.5. The molecule has 0 spiro atoms. The molecule has 148 valence electrons. The van der Waals surface area contributed by atoms with Gasteiger partial charge in [-0.2, -0.15) is 0 Å². The molecule has 1 saturated heterocycles. The fourth-order valence-electron chi connectivity index (χ4n) is 3.20. The van der Waals surface area contributed by atoms with Gasteiger partial charge in [0, 0.05) is 50.9 Å². The van der Waals surface area contributed by atoms with E-state index >= 15 is 0 Å². The van der Waals surface area contributed by atoms with Crippen LogP contribution < -0.4 is 15.0 Å². The molecule has 0 radical (unpaired) electrons. The molecule has 1 aliphatic heterocycles. The number of nitrogens with one attached hydrogen (secondary N) is 1. The van der Waals surface area contributed by atoms with Crippen LogP contribution in [-0.2, 0) is 9.59 Å². The van der Waals surface area contributed by atoms with Crippen LogP contribution in [0.1, 0.15) is 19.8 Å². The highest BCUT2D eigenvalue weighted by Crippen LogP contribution is 2.20. The van der Waals surface area contributed by atoms with Crippen LogP contribution in [0.25, 0.3) is 0 Å². The SMILES string of the molecule is CC(=O)N1CCN(c2ccc(NC(=O)CCCOc3ccccc3)cc2)CC1. The molecule has 0 atom stereocenters. The van der Waals surface area contributed by atoms with Crippen LogP contribution in [0, 0.1) is 0 Å². The van der Waals surface area contributed by atoms with Crippen molar-refractivity contribution >= 4 is 23.2 Å². The molecule has 1 fully saturated rings. The molecule has 28 heavy (non-hydrogen) atoms. The second-order valence-corrected chi connectivity index (χ2v) is 6.85. The predicted octanol–water partition coefficient (Wildman–Crippen LogP) is 3.15. The highest BCUT2D eigenvalue weighted by Gasteiger charge is 2.18. The summed E-state index contributed by atoms with van der Waals surface area (Å²) in [5.74, 6) is 0.939. The quantitative estimate of drug-likeness (QED) is 0.749. The van der Waals surface area contributed by atoms with Gasteiger partial charge < -0.3 is 19.9 Å². The molecular weight excluding hydrogens is 354 g/mol. The summed E-state index contributed by atoms with van der Waals surface area (Å²) in [5.41, 5.74) is 1.90. The number of benzene rings is 2. The Kier molecular flexibility index (Phi) is 6.89. The number of nitrogens with zero attached hydrogens (tertiary/aromatic N) is 2. The van der Waals surface area contributed by atoms with Gasteiger partial charge in [-0.3, -0.25) is 9.59 Å². The third kappa shape index (κ3) is 5.74. The fourth-order valence-corrected chi connectivity index (χ4v) is 3.20. The summed E-state index contributed by atoms with van der Waals surface area (Å²) in [6, 6.07) is 17.5. The first-order valence-electron chi connectivity index (χ1n) is 9.70. The number of ether oxygens (including phenoxy) is 1. The summed E-state index contributed by atoms with van der Waals surface area (Å²) >= 11 is 0. The van der Waals surface area contributed by atoms with Crippen molar-refractivity contribution in [2.75, 3.05) is 43.0 Å². The van der Waals surface area contributed by atoms with E-state index in [4.69, 9.17) is 4.74 Å². The van der Waals surface area contributed by atoms with Gasteiger partial charge in [-0.1, -0.05) is 18.2 Å². The second-order valence-electron chi connectivity index (χ2n) is 6.85. The fraction of sp³-hybridized carbons (Fsp3) is 0.364. The molecule has 6 nitrogen and oxygen atoms in total. The number of hydrogen-bond donors (Lipinski definition) is 1. The van der Waals surface area contributed by atoms with E-state index in [-0.39, 0.29) is 11.8 Å². The molecule has 0 aromatic heterocycles. The Hall–Kier alpha value is -3.02. The lowest BCUT2D eigenvalue weighted by Crippen LogP contribution is -2.48. The Balaban J connectivity index is 1.39. The minimum atomic E-state index is -0.0144. The summed E-state index contributed by atoms with van der Waals surface area (Å²) in [5, 5.41) is 2.93. The number of rotatable bonds is 7. The van der Waals surface area contributed by atoms with Crippen molar-refractivity contribution in [2.24, 2.45) is 0 Å². The maximum atomic E-state index is 12.1. The first-order chi connectivity index (χ1) is 13.6. The number of piperazine rings is 1. The van der Waals surface area contributed by atoms with Gasteiger partial charge in [0.1, 0.15) is 5.75 Å². The molecule has 6 heteroatoms.